The van der Waals surface area contributed by atoms with Gasteiger partial charge in [-0.1, -0.05) is 26.2 Å². The van der Waals surface area contributed by atoms with E-state index in [2.05, 4.69) is 39.5 Å². The van der Waals surface area contributed by atoms with Crippen LogP contribution in [0.2, 0.25) is 0 Å². The third kappa shape index (κ3) is 5.25. The van der Waals surface area contributed by atoms with Gasteiger partial charge < -0.3 is 10.2 Å². The molecule has 1 aromatic rings. The van der Waals surface area contributed by atoms with Gasteiger partial charge in [0.1, 0.15) is 0 Å². The second-order valence-electron chi connectivity index (χ2n) is 4.86. The Bertz CT molecular complexity index is 380. The molecule has 0 amide bonds. The molecule has 1 unspecified atom stereocenters. The number of nitrogen functional groups attached to an aromatic ring is 1. The van der Waals surface area contributed by atoms with Gasteiger partial charge in [0.25, 0.3) is 0 Å². The molecule has 7 nitrogen and oxygen atoms in total. The molecular formula is C12H25N7. The van der Waals surface area contributed by atoms with Crippen molar-refractivity contribution in [3.63, 3.8) is 0 Å². The van der Waals surface area contributed by atoms with Crippen LogP contribution < -0.4 is 21.5 Å². The Morgan fingerprint density at radius 3 is 2.42 bits per heavy atom. The minimum Gasteiger partial charge on any atom is -0.352 e. The Morgan fingerprint density at radius 2 is 1.84 bits per heavy atom. The van der Waals surface area contributed by atoms with Gasteiger partial charge in [-0.25, -0.2) is 5.84 Å². The van der Waals surface area contributed by atoms with Crippen LogP contribution in [0.25, 0.3) is 0 Å². The van der Waals surface area contributed by atoms with E-state index in [1.807, 2.05) is 19.0 Å². The van der Waals surface area contributed by atoms with Gasteiger partial charge >= 0.3 is 0 Å². The van der Waals surface area contributed by atoms with Gasteiger partial charge in [-0.05, 0) is 13.3 Å². The van der Waals surface area contributed by atoms with Crippen molar-refractivity contribution in [2.24, 2.45) is 5.84 Å². The summed E-state index contributed by atoms with van der Waals surface area (Å²) in [4.78, 5) is 14.5. The summed E-state index contributed by atoms with van der Waals surface area (Å²) in [5, 5.41) is 3.29. The molecule has 1 heterocycles. The number of hydrogen-bond acceptors (Lipinski definition) is 7. The van der Waals surface area contributed by atoms with Crippen molar-refractivity contribution >= 4 is 17.8 Å². The molecule has 1 atom stereocenters. The highest BCUT2D eigenvalue weighted by molar-refractivity contribution is 5.42. The molecule has 1 rings (SSSR count). The number of unbranched alkanes of at least 4 members (excludes halogenated alkanes) is 2. The van der Waals surface area contributed by atoms with Gasteiger partial charge in [0.15, 0.2) is 0 Å². The molecule has 4 N–H and O–H groups in total. The summed E-state index contributed by atoms with van der Waals surface area (Å²) in [7, 11) is 3.76. The number of aromatic nitrogens is 3. The maximum atomic E-state index is 5.37. The molecule has 0 radical (unpaired) electrons. The van der Waals surface area contributed by atoms with E-state index < -0.39 is 0 Å². The smallest absolute Gasteiger partial charge is 0.243 e. The molecule has 0 aromatic carbocycles. The van der Waals surface area contributed by atoms with Gasteiger partial charge in [0.2, 0.25) is 17.8 Å². The normalized spacial score (nSPS) is 12.1. The monoisotopic (exact) mass is 267 g/mol. The van der Waals surface area contributed by atoms with Crippen LogP contribution in [0, 0.1) is 0 Å². The summed E-state index contributed by atoms with van der Waals surface area (Å²) >= 11 is 0. The summed E-state index contributed by atoms with van der Waals surface area (Å²) in [6.45, 7) is 4.33. The number of hydrogen-bond donors (Lipinski definition) is 3. The van der Waals surface area contributed by atoms with E-state index in [1.165, 1.54) is 19.3 Å². The molecule has 0 aliphatic carbocycles. The zero-order chi connectivity index (χ0) is 14.3. The third-order valence-corrected chi connectivity index (χ3v) is 2.77. The Hall–Kier alpha value is -1.63. The van der Waals surface area contributed by atoms with Crippen LogP contribution in [0.3, 0.4) is 0 Å². The van der Waals surface area contributed by atoms with Crippen LogP contribution in [0.15, 0.2) is 0 Å². The Kier molecular flexibility index (Phi) is 6.27. The minimum absolute atomic E-state index is 0.328. The summed E-state index contributed by atoms with van der Waals surface area (Å²) in [6, 6.07) is 0.328. The van der Waals surface area contributed by atoms with E-state index in [1.54, 1.807) is 0 Å². The summed E-state index contributed by atoms with van der Waals surface area (Å²) in [5.41, 5.74) is 2.46. The van der Waals surface area contributed by atoms with Crippen LogP contribution in [-0.2, 0) is 0 Å². The Morgan fingerprint density at radius 1 is 1.16 bits per heavy atom. The molecule has 0 saturated heterocycles. The lowest BCUT2D eigenvalue weighted by atomic mass is 10.1. The number of rotatable bonds is 8. The van der Waals surface area contributed by atoms with E-state index in [-0.39, 0.29) is 0 Å². The van der Waals surface area contributed by atoms with E-state index >= 15 is 0 Å². The van der Waals surface area contributed by atoms with E-state index in [0.29, 0.717) is 23.9 Å². The summed E-state index contributed by atoms with van der Waals surface area (Å²) < 4.78 is 0. The molecule has 0 spiro atoms. The first-order valence-corrected chi connectivity index (χ1v) is 6.73. The topological polar surface area (TPSA) is 92.0 Å². The highest BCUT2D eigenvalue weighted by Crippen LogP contribution is 2.13. The van der Waals surface area contributed by atoms with E-state index in [4.69, 9.17) is 5.84 Å². The van der Waals surface area contributed by atoms with Gasteiger partial charge in [-0.2, -0.15) is 15.0 Å². The lowest BCUT2D eigenvalue weighted by Crippen LogP contribution is -2.22. The molecule has 0 aliphatic heterocycles. The van der Waals surface area contributed by atoms with Crippen molar-refractivity contribution in [3.05, 3.63) is 0 Å². The van der Waals surface area contributed by atoms with Crippen molar-refractivity contribution in [2.45, 2.75) is 45.6 Å². The average molecular weight is 267 g/mol. The van der Waals surface area contributed by atoms with Crippen LogP contribution in [-0.4, -0.2) is 35.1 Å². The standard InChI is InChI=1S/C12H25N7/c1-5-6-7-8-9(2)14-10-15-11(18-13)17-12(16-10)19(3)4/h9H,5-8,13H2,1-4H3,(H2,14,15,16,17,18). The van der Waals surface area contributed by atoms with Crippen LogP contribution in [0.1, 0.15) is 39.5 Å². The second-order valence-corrected chi connectivity index (χ2v) is 4.86. The molecule has 0 bridgehead atoms. The van der Waals surface area contributed by atoms with Crippen molar-refractivity contribution < 1.29 is 0 Å². The number of anilines is 3. The molecule has 1 aromatic heterocycles. The molecule has 108 valence electrons. The predicted octanol–water partition coefficient (Wildman–Crippen LogP) is 1.60. The predicted molar refractivity (Wildman–Crippen MR) is 79.2 cm³/mol. The van der Waals surface area contributed by atoms with Crippen LogP contribution in [0.5, 0.6) is 0 Å². The molecule has 7 heteroatoms. The first-order valence-electron chi connectivity index (χ1n) is 6.73. The quantitative estimate of drug-likeness (QED) is 0.374. The van der Waals surface area contributed by atoms with Crippen LogP contribution >= 0.6 is 0 Å². The highest BCUT2D eigenvalue weighted by Gasteiger charge is 2.09. The lowest BCUT2D eigenvalue weighted by molar-refractivity contribution is 0.611. The largest absolute Gasteiger partial charge is 0.352 e. The minimum atomic E-state index is 0.328. The van der Waals surface area contributed by atoms with Gasteiger partial charge in [-0.15, -0.1) is 0 Å². The van der Waals surface area contributed by atoms with Crippen molar-refractivity contribution in [2.75, 3.05) is 29.7 Å². The average Bonchev–Trinajstić information content (AvgIpc) is 2.38. The number of nitrogens with two attached hydrogens (primary N) is 1. The zero-order valence-corrected chi connectivity index (χ0v) is 12.3. The molecule has 0 saturated carbocycles. The lowest BCUT2D eigenvalue weighted by Gasteiger charge is -2.16. The zero-order valence-electron chi connectivity index (χ0n) is 12.3. The van der Waals surface area contributed by atoms with Gasteiger partial charge in [-0.3, -0.25) is 5.43 Å². The fourth-order valence-corrected chi connectivity index (χ4v) is 1.69. The van der Waals surface area contributed by atoms with E-state index in [9.17, 15) is 0 Å². The SMILES string of the molecule is CCCCCC(C)Nc1nc(NN)nc(N(C)C)n1. The fraction of sp³-hybridized carbons (Fsp3) is 0.750. The third-order valence-electron chi connectivity index (χ3n) is 2.77. The van der Waals surface area contributed by atoms with Gasteiger partial charge in [0.05, 0.1) is 0 Å². The summed E-state index contributed by atoms with van der Waals surface area (Å²) in [5.74, 6) is 6.86. The van der Waals surface area contributed by atoms with Gasteiger partial charge in [0, 0.05) is 20.1 Å². The number of nitrogens with one attached hydrogen (secondary N) is 2. The van der Waals surface area contributed by atoms with E-state index in [0.717, 1.165) is 6.42 Å². The second kappa shape index (κ2) is 7.73. The number of nitrogens with zero attached hydrogens (tertiary/aromatic N) is 4. The molecule has 0 fully saturated rings. The maximum absolute atomic E-state index is 5.37. The Labute approximate surface area is 115 Å². The van der Waals surface area contributed by atoms with Crippen molar-refractivity contribution in [1.82, 2.24) is 15.0 Å². The molecule has 19 heavy (non-hydrogen) atoms. The fourth-order valence-electron chi connectivity index (χ4n) is 1.69. The van der Waals surface area contributed by atoms with Crippen molar-refractivity contribution in [1.29, 1.82) is 0 Å². The highest BCUT2D eigenvalue weighted by atomic mass is 15.4. The number of hydrazine groups is 1. The summed E-state index contributed by atoms with van der Waals surface area (Å²) in [6.07, 6.45) is 4.78. The Balaban J connectivity index is 2.68. The molecule has 0 aliphatic rings. The molecular weight excluding hydrogens is 242 g/mol. The van der Waals surface area contributed by atoms with Crippen LogP contribution in [0.4, 0.5) is 17.8 Å². The first-order chi connectivity index (χ1) is 9.06. The maximum Gasteiger partial charge on any atom is 0.243 e. The first kappa shape index (κ1) is 15.4. The van der Waals surface area contributed by atoms with Crippen molar-refractivity contribution in [3.8, 4) is 0 Å².